The molecule has 38 heavy (non-hydrogen) atoms. The molecule has 17 heteroatoms. The van der Waals surface area contributed by atoms with Gasteiger partial charge in [0.1, 0.15) is 37.2 Å². The van der Waals surface area contributed by atoms with Crippen LogP contribution in [-0.4, -0.2) is 84.2 Å². The lowest BCUT2D eigenvalue weighted by Gasteiger charge is -2.44. The molecule has 2 saturated heterocycles. The van der Waals surface area contributed by atoms with E-state index < -0.39 is 73.4 Å². The van der Waals surface area contributed by atoms with E-state index in [0.29, 0.717) is 5.69 Å². The van der Waals surface area contributed by atoms with E-state index in [2.05, 4.69) is 5.32 Å². The number of nitrogens with one attached hydrogen (secondary N) is 1. The smallest absolute Gasteiger partial charge is 0.414 e. The summed E-state index contributed by atoms with van der Waals surface area (Å²) < 4.78 is 5.50. The predicted molar refractivity (Wildman–Crippen MR) is 150 cm³/mol. The molecule has 2 aliphatic heterocycles. The van der Waals surface area contributed by atoms with Crippen molar-refractivity contribution in [3.8, 4) is 0 Å². The van der Waals surface area contributed by atoms with Gasteiger partial charge >= 0.3 is 12.1 Å². The van der Waals surface area contributed by atoms with Gasteiger partial charge in [-0.05, 0) is 19.1 Å². The first-order valence-corrected chi connectivity index (χ1v) is 14.4. The average Bonchev–Trinajstić information content (AvgIpc) is 3.12. The minimum absolute atomic E-state index is 0.0109. The maximum absolute atomic E-state index is 13.0. The minimum Gasteiger partial charge on any atom is -0.460 e. The Kier molecular flexibility index (Phi) is 10.4. The average molecular weight is 691 g/mol. The van der Waals surface area contributed by atoms with Crippen LogP contribution < -0.4 is 10.2 Å². The standard InChI is InChI=1S/C21H20Cl7N3O6S/c1-19(8-22)14(17(34)36-9-20(23,24)25)31-15(33)13(16(31)38-19)29-12(32)7-30(11-5-3-2-4-6-11)18(35)37-10-21(26,27)28/h2-6,13-14,16H,7-10H2,1H3,(H,29,32)/t13?,14?,16-,19?/m0/s1. The highest BCUT2D eigenvalue weighted by Gasteiger charge is 2.65. The van der Waals surface area contributed by atoms with Gasteiger partial charge in [0.25, 0.3) is 0 Å². The molecule has 0 aliphatic carbocycles. The topological polar surface area (TPSA) is 105 Å². The van der Waals surface area contributed by atoms with E-state index in [0.717, 1.165) is 4.90 Å². The molecular weight excluding hydrogens is 670 g/mol. The fraction of sp³-hybridized carbons (Fsp3) is 0.524. The van der Waals surface area contributed by atoms with Crippen LogP contribution in [0.2, 0.25) is 0 Å². The van der Waals surface area contributed by atoms with Gasteiger partial charge in [0.15, 0.2) is 0 Å². The first kappa shape index (κ1) is 31.8. The Bertz CT molecular complexity index is 1070. The zero-order valence-corrected chi connectivity index (χ0v) is 25.5. The quantitative estimate of drug-likeness (QED) is 0.240. The van der Waals surface area contributed by atoms with Crippen molar-refractivity contribution >= 4 is 123 Å². The number of anilines is 1. The number of hydrogen-bond donors (Lipinski definition) is 1. The third-order valence-electron chi connectivity index (χ3n) is 5.46. The largest absolute Gasteiger partial charge is 0.460 e. The summed E-state index contributed by atoms with van der Waals surface area (Å²) in [5, 5.41) is 1.98. The van der Waals surface area contributed by atoms with Crippen LogP contribution in [0.3, 0.4) is 0 Å². The minimum atomic E-state index is -1.85. The van der Waals surface area contributed by atoms with Crippen LogP contribution in [0.4, 0.5) is 10.5 Å². The molecule has 3 amide bonds. The van der Waals surface area contributed by atoms with Crippen LogP contribution in [0.5, 0.6) is 0 Å². The van der Waals surface area contributed by atoms with Crippen LogP contribution in [0, 0.1) is 0 Å². The highest BCUT2D eigenvalue weighted by molar-refractivity contribution is 8.01. The number of carbonyl (C=O) groups is 4. The number of β-lactam (4-membered cyclic amide) rings is 1. The molecule has 1 aromatic carbocycles. The molecule has 3 rings (SSSR count). The first-order chi connectivity index (χ1) is 17.6. The van der Waals surface area contributed by atoms with Crippen LogP contribution in [0.1, 0.15) is 6.92 Å². The molecule has 3 unspecified atom stereocenters. The fourth-order valence-corrected chi connectivity index (χ4v) is 6.08. The lowest BCUT2D eigenvalue weighted by Crippen LogP contribution is -2.71. The first-order valence-electron chi connectivity index (χ1n) is 10.7. The van der Waals surface area contributed by atoms with E-state index in [1.807, 2.05) is 0 Å². The Balaban J connectivity index is 1.70. The summed E-state index contributed by atoms with van der Waals surface area (Å²) in [5.74, 6) is -2.01. The number of nitrogens with zero attached hydrogens (tertiary/aromatic N) is 2. The number of alkyl halides is 7. The van der Waals surface area contributed by atoms with Gasteiger partial charge in [0.05, 0.1) is 4.75 Å². The summed E-state index contributed by atoms with van der Waals surface area (Å²) in [6, 6.07) is 6.12. The molecule has 0 spiro atoms. The van der Waals surface area contributed by atoms with E-state index in [1.54, 1.807) is 37.3 Å². The number of para-hydroxylation sites is 1. The molecule has 9 nitrogen and oxygen atoms in total. The summed E-state index contributed by atoms with van der Waals surface area (Å²) in [7, 11) is 0. The lowest BCUT2D eigenvalue weighted by molar-refractivity contribution is -0.164. The maximum Gasteiger partial charge on any atom is 0.414 e. The Morgan fingerprint density at radius 1 is 1.05 bits per heavy atom. The van der Waals surface area contributed by atoms with E-state index >= 15 is 0 Å². The number of amides is 3. The summed E-state index contributed by atoms with van der Waals surface area (Å²) in [4.78, 5) is 53.8. The van der Waals surface area contributed by atoms with E-state index in [9.17, 15) is 19.2 Å². The second kappa shape index (κ2) is 12.4. The second-order valence-corrected chi connectivity index (χ2v) is 15.4. The van der Waals surface area contributed by atoms with E-state index in [1.165, 1.54) is 16.7 Å². The van der Waals surface area contributed by atoms with Crippen molar-refractivity contribution in [1.29, 1.82) is 0 Å². The number of fused-ring (bicyclic) bond motifs is 1. The molecule has 4 atom stereocenters. The lowest BCUT2D eigenvalue weighted by atomic mass is 9.96. The van der Waals surface area contributed by atoms with Gasteiger partial charge in [-0.25, -0.2) is 9.59 Å². The Morgan fingerprint density at radius 3 is 2.18 bits per heavy atom. The SMILES string of the molecule is CC1(CCl)S[C@H]2C(NC(=O)CN(C(=O)OCC(Cl)(Cl)Cl)c3ccccc3)C(=O)N2C1C(=O)OCC(Cl)(Cl)Cl. The molecule has 2 heterocycles. The van der Waals surface area contributed by atoms with Crippen molar-refractivity contribution in [3.05, 3.63) is 30.3 Å². The molecule has 2 fully saturated rings. The number of benzene rings is 1. The van der Waals surface area contributed by atoms with Crippen molar-refractivity contribution in [1.82, 2.24) is 10.2 Å². The van der Waals surface area contributed by atoms with Crippen molar-refractivity contribution in [2.75, 3.05) is 30.5 Å². The van der Waals surface area contributed by atoms with Gasteiger partial charge in [-0.3, -0.25) is 14.5 Å². The van der Waals surface area contributed by atoms with Crippen molar-refractivity contribution in [2.24, 2.45) is 0 Å². The summed E-state index contributed by atoms with van der Waals surface area (Å²) in [5.41, 5.74) is 0.334. The molecule has 1 aromatic rings. The Morgan fingerprint density at radius 2 is 1.63 bits per heavy atom. The van der Waals surface area contributed by atoms with Crippen LogP contribution in [0.25, 0.3) is 0 Å². The normalized spacial score (nSPS) is 24.8. The van der Waals surface area contributed by atoms with Gasteiger partial charge in [-0.2, -0.15) is 0 Å². The Hall–Kier alpha value is -0.720. The zero-order chi connectivity index (χ0) is 28.5. The highest BCUT2D eigenvalue weighted by Crippen LogP contribution is 2.52. The monoisotopic (exact) mass is 687 g/mol. The van der Waals surface area contributed by atoms with Gasteiger partial charge in [0.2, 0.25) is 19.4 Å². The number of esters is 1. The van der Waals surface area contributed by atoms with E-state index in [-0.39, 0.29) is 5.88 Å². The zero-order valence-electron chi connectivity index (χ0n) is 19.3. The fourth-order valence-electron chi connectivity index (χ4n) is 3.81. The number of halogens is 7. The van der Waals surface area contributed by atoms with Gasteiger partial charge < -0.3 is 19.7 Å². The summed E-state index contributed by atoms with van der Waals surface area (Å²) in [6.45, 7) is 0.106. The predicted octanol–water partition coefficient (Wildman–Crippen LogP) is 4.68. The van der Waals surface area contributed by atoms with Gasteiger partial charge in [-0.15, -0.1) is 23.4 Å². The van der Waals surface area contributed by atoms with Crippen LogP contribution >= 0.6 is 93.0 Å². The Labute approximate surface area is 257 Å². The third-order valence-corrected chi connectivity index (χ3v) is 8.47. The van der Waals surface area contributed by atoms with Gasteiger partial charge in [-0.1, -0.05) is 87.8 Å². The summed E-state index contributed by atoms with van der Waals surface area (Å²) >= 11 is 41.3. The second-order valence-electron chi connectivity index (χ2n) is 8.46. The number of carbonyl (C=O) groups excluding carboxylic acids is 4. The van der Waals surface area contributed by atoms with Crippen LogP contribution in [0.15, 0.2) is 30.3 Å². The molecule has 0 saturated carbocycles. The van der Waals surface area contributed by atoms with Crippen LogP contribution in [-0.2, 0) is 23.9 Å². The molecule has 0 radical (unpaired) electrons. The maximum atomic E-state index is 13.0. The van der Waals surface area contributed by atoms with Crippen molar-refractivity contribution in [3.63, 3.8) is 0 Å². The molecular formula is C21H20Cl7N3O6S. The summed E-state index contributed by atoms with van der Waals surface area (Å²) in [6.07, 6.45) is -0.944. The number of rotatable bonds is 8. The molecule has 0 bridgehead atoms. The van der Waals surface area contributed by atoms with Gasteiger partial charge in [0, 0.05) is 11.6 Å². The number of ether oxygens (including phenoxy) is 2. The number of hydrogen-bond acceptors (Lipinski definition) is 7. The van der Waals surface area contributed by atoms with Crippen molar-refractivity contribution < 1.29 is 28.7 Å². The molecule has 2 aliphatic rings. The third kappa shape index (κ3) is 7.72. The number of thioether (sulfide) groups is 1. The molecule has 210 valence electrons. The van der Waals surface area contributed by atoms with Crippen molar-refractivity contribution in [2.45, 2.75) is 36.7 Å². The molecule has 1 N–H and O–H groups in total. The molecule has 0 aromatic heterocycles. The van der Waals surface area contributed by atoms with E-state index in [4.69, 9.17) is 90.7 Å². The highest BCUT2D eigenvalue weighted by atomic mass is 35.6.